The van der Waals surface area contributed by atoms with Crippen LogP contribution in [-0.2, 0) is 13.6 Å². The summed E-state index contributed by atoms with van der Waals surface area (Å²) in [6.07, 6.45) is 2.70. The van der Waals surface area contributed by atoms with Gasteiger partial charge in [-0.2, -0.15) is 4.80 Å². The molecule has 1 saturated carbocycles. The van der Waals surface area contributed by atoms with Gasteiger partial charge in [0.25, 0.3) is 0 Å². The van der Waals surface area contributed by atoms with Gasteiger partial charge in [-0.25, -0.2) is 0 Å². The molecule has 0 amide bonds. The van der Waals surface area contributed by atoms with Crippen LogP contribution in [0.1, 0.15) is 39.4 Å². The van der Waals surface area contributed by atoms with Gasteiger partial charge in [0.1, 0.15) is 0 Å². The molecule has 0 bridgehead atoms. The minimum Gasteiger partial charge on any atom is -0.309 e. The van der Waals surface area contributed by atoms with E-state index in [4.69, 9.17) is 0 Å². The molecule has 6 heteroatoms. The van der Waals surface area contributed by atoms with E-state index in [1.165, 1.54) is 17.6 Å². The molecule has 0 radical (unpaired) electrons. The lowest BCUT2D eigenvalue weighted by atomic mass is 9.86. The van der Waals surface area contributed by atoms with Gasteiger partial charge >= 0.3 is 0 Å². The number of hydrogen-bond donors (Lipinski definition) is 1. The van der Waals surface area contributed by atoms with Crippen LogP contribution in [0.3, 0.4) is 0 Å². The summed E-state index contributed by atoms with van der Waals surface area (Å²) in [5.41, 5.74) is 0.380. The molecule has 2 heterocycles. The average Bonchev–Trinajstić information content (AvgIpc) is 3.10. The first-order chi connectivity index (χ1) is 8.89. The summed E-state index contributed by atoms with van der Waals surface area (Å²) in [5, 5.41) is 16.1. The summed E-state index contributed by atoms with van der Waals surface area (Å²) in [6.45, 7) is 9.77. The minimum atomic E-state index is 0.149. The molecule has 1 aromatic heterocycles. The highest BCUT2D eigenvalue weighted by molar-refractivity contribution is 5.07. The van der Waals surface area contributed by atoms with E-state index in [1.54, 1.807) is 0 Å². The topological polar surface area (TPSA) is 58.9 Å². The molecule has 0 spiro atoms. The van der Waals surface area contributed by atoms with E-state index in [0.717, 1.165) is 31.4 Å². The second-order valence-electron chi connectivity index (χ2n) is 6.92. The van der Waals surface area contributed by atoms with E-state index in [-0.39, 0.29) is 11.1 Å². The van der Waals surface area contributed by atoms with Gasteiger partial charge in [-0.15, -0.1) is 10.2 Å². The maximum Gasteiger partial charge on any atom is 0.188 e. The van der Waals surface area contributed by atoms with Gasteiger partial charge in [0.2, 0.25) is 0 Å². The number of hydrogen-bond acceptors (Lipinski definition) is 5. The Morgan fingerprint density at radius 3 is 2.63 bits per heavy atom. The summed E-state index contributed by atoms with van der Waals surface area (Å²) in [5.74, 6) is 1.64. The van der Waals surface area contributed by atoms with E-state index < -0.39 is 0 Å². The van der Waals surface area contributed by atoms with E-state index in [2.05, 4.69) is 46.4 Å². The molecule has 106 valence electrons. The van der Waals surface area contributed by atoms with E-state index >= 15 is 0 Å². The first kappa shape index (κ1) is 13.0. The fraction of sp³-hybridized carbons (Fsp3) is 0.923. The van der Waals surface area contributed by atoms with Crippen LogP contribution in [0.2, 0.25) is 0 Å². The Balaban J connectivity index is 1.80. The number of piperazine rings is 1. The molecule has 3 rings (SSSR count). The Labute approximate surface area is 114 Å². The van der Waals surface area contributed by atoms with Gasteiger partial charge in [-0.1, -0.05) is 0 Å². The molecular weight excluding hydrogens is 240 g/mol. The van der Waals surface area contributed by atoms with Crippen LogP contribution < -0.4 is 5.32 Å². The second kappa shape index (κ2) is 4.24. The lowest BCUT2D eigenvalue weighted by Gasteiger charge is -2.51. The molecule has 1 N–H and O–H groups in total. The summed E-state index contributed by atoms with van der Waals surface area (Å²) in [4.78, 5) is 4.09. The summed E-state index contributed by atoms with van der Waals surface area (Å²) in [6, 6.07) is 0. The molecule has 1 aliphatic heterocycles. The smallest absolute Gasteiger partial charge is 0.188 e. The molecule has 6 nitrogen and oxygen atoms in total. The first-order valence-electron chi connectivity index (χ1n) is 7.12. The van der Waals surface area contributed by atoms with E-state index in [1.807, 2.05) is 7.05 Å². The Kier molecular flexibility index (Phi) is 2.90. The number of rotatable bonds is 3. The number of aromatic nitrogens is 4. The SMILES string of the molecule is Cn1nnc(CN2CC(C)(C)NCC2(C)C2CC2)n1. The summed E-state index contributed by atoms with van der Waals surface area (Å²) < 4.78 is 0. The molecule has 19 heavy (non-hydrogen) atoms. The van der Waals surface area contributed by atoms with Crippen LogP contribution in [0.4, 0.5) is 0 Å². The monoisotopic (exact) mass is 264 g/mol. The van der Waals surface area contributed by atoms with Crippen molar-refractivity contribution in [2.24, 2.45) is 13.0 Å². The predicted octanol–water partition coefficient (Wildman–Crippen LogP) is 0.563. The summed E-state index contributed by atoms with van der Waals surface area (Å²) >= 11 is 0. The van der Waals surface area contributed by atoms with Gasteiger partial charge in [0.05, 0.1) is 13.6 Å². The zero-order chi connectivity index (χ0) is 13.7. The standard InChI is InChI=1S/C13H24N6/c1-12(2)9-19(7-11-15-17-18(4)16-11)13(3,8-14-12)10-5-6-10/h10,14H,5-9H2,1-4H3. The van der Waals surface area contributed by atoms with Gasteiger partial charge in [0, 0.05) is 24.2 Å². The third kappa shape index (κ3) is 2.51. The fourth-order valence-electron chi connectivity index (χ4n) is 3.15. The maximum atomic E-state index is 4.33. The third-order valence-electron chi connectivity index (χ3n) is 4.57. The average molecular weight is 264 g/mol. The van der Waals surface area contributed by atoms with Crippen molar-refractivity contribution < 1.29 is 0 Å². The zero-order valence-corrected chi connectivity index (χ0v) is 12.3. The van der Waals surface area contributed by atoms with Crippen LogP contribution in [0.5, 0.6) is 0 Å². The van der Waals surface area contributed by atoms with Crippen LogP contribution in [0.15, 0.2) is 0 Å². The largest absolute Gasteiger partial charge is 0.309 e. The van der Waals surface area contributed by atoms with Crippen molar-refractivity contribution in [1.29, 1.82) is 0 Å². The normalized spacial score (nSPS) is 31.6. The second-order valence-corrected chi connectivity index (χ2v) is 6.92. The van der Waals surface area contributed by atoms with Crippen LogP contribution in [-0.4, -0.2) is 49.3 Å². The van der Waals surface area contributed by atoms with Crippen molar-refractivity contribution in [2.45, 2.75) is 51.2 Å². The zero-order valence-electron chi connectivity index (χ0n) is 12.3. The highest BCUT2D eigenvalue weighted by atomic mass is 15.6. The molecule has 1 aromatic rings. The van der Waals surface area contributed by atoms with E-state index in [0.29, 0.717) is 0 Å². The highest BCUT2D eigenvalue weighted by Gasteiger charge is 2.49. The molecule has 2 aliphatic rings. The Morgan fingerprint density at radius 1 is 1.32 bits per heavy atom. The molecule has 1 atom stereocenters. The predicted molar refractivity (Wildman–Crippen MR) is 72.4 cm³/mol. The van der Waals surface area contributed by atoms with Crippen LogP contribution in [0, 0.1) is 5.92 Å². The molecule has 1 unspecified atom stereocenters. The quantitative estimate of drug-likeness (QED) is 0.864. The Bertz CT molecular complexity index is 463. The molecule has 0 aromatic carbocycles. The van der Waals surface area contributed by atoms with Crippen molar-refractivity contribution in [3.05, 3.63) is 5.82 Å². The highest BCUT2D eigenvalue weighted by Crippen LogP contribution is 2.45. The van der Waals surface area contributed by atoms with Crippen molar-refractivity contribution in [3.63, 3.8) is 0 Å². The lowest BCUT2D eigenvalue weighted by molar-refractivity contribution is 0.00331. The van der Waals surface area contributed by atoms with Gasteiger partial charge < -0.3 is 5.32 Å². The van der Waals surface area contributed by atoms with Crippen molar-refractivity contribution >= 4 is 0 Å². The number of aryl methyl sites for hydroxylation is 1. The van der Waals surface area contributed by atoms with Crippen molar-refractivity contribution in [3.8, 4) is 0 Å². The van der Waals surface area contributed by atoms with Crippen LogP contribution in [0.25, 0.3) is 0 Å². The minimum absolute atomic E-state index is 0.149. The Morgan fingerprint density at radius 2 is 2.05 bits per heavy atom. The maximum absolute atomic E-state index is 4.33. The number of nitrogens with zero attached hydrogens (tertiary/aromatic N) is 5. The van der Waals surface area contributed by atoms with Gasteiger partial charge in [0.15, 0.2) is 5.82 Å². The Hall–Kier alpha value is -1.01. The molecule has 1 aliphatic carbocycles. The molecular formula is C13H24N6. The van der Waals surface area contributed by atoms with Crippen molar-refractivity contribution in [2.75, 3.05) is 13.1 Å². The van der Waals surface area contributed by atoms with E-state index in [9.17, 15) is 0 Å². The number of tetrazole rings is 1. The van der Waals surface area contributed by atoms with Gasteiger partial charge in [-0.05, 0) is 44.7 Å². The fourth-order valence-corrected chi connectivity index (χ4v) is 3.15. The molecule has 1 saturated heterocycles. The van der Waals surface area contributed by atoms with Gasteiger partial charge in [-0.3, -0.25) is 4.90 Å². The third-order valence-corrected chi connectivity index (χ3v) is 4.57. The molecule has 2 fully saturated rings. The number of nitrogens with one attached hydrogen (secondary N) is 1. The first-order valence-corrected chi connectivity index (χ1v) is 7.12. The van der Waals surface area contributed by atoms with Crippen LogP contribution >= 0.6 is 0 Å². The lowest BCUT2D eigenvalue weighted by Crippen LogP contribution is -2.67. The summed E-state index contributed by atoms with van der Waals surface area (Å²) in [7, 11) is 1.82. The van der Waals surface area contributed by atoms with Crippen molar-refractivity contribution in [1.82, 2.24) is 30.4 Å².